The highest BCUT2D eigenvalue weighted by Gasteiger charge is 2.39. The van der Waals surface area contributed by atoms with Gasteiger partial charge in [-0.15, -0.1) is 0 Å². The molecular formula is C19H18BrN3O5. The van der Waals surface area contributed by atoms with Crippen LogP contribution in [0.1, 0.15) is 6.42 Å². The van der Waals surface area contributed by atoms with Gasteiger partial charge in [0.15, 0.2) is 6.61 Å². The smallest absolute Gasteiger partial charge is 0.272 e. The van der Waals surface area contributed by atoms with Crippen molar-refractivity contribution in [2.24, 2.45) is 0 Å². The molecule has 3 rings (SSSR count). The van der Waals surface area contributed by atoms with Gasteiger partial charge < -0.3 is 9.47 Å². The first-order chi connectivity index (χ1) is 13.5. The molecule has 0 aliphatic carbocycles. The molecule has 1 unspecified atom stereocenters. The van der Waals surface area contributed by atoms with Gasteiger partial charge in [-0.1, -0.05) is 22.0 Å². The minimum absolute atomic E-state index is 0.0497. The van der Waals surface area contributed by atoms with Crippen LogP contribution in [-0.2, 0) is 14.4 Å². The van der Waals surface area contributed by atoms with E-state index in [0.29, 0.717) is 17.2 Å². The Hall–Kier alpha value is -2.91. The number of anilines is 1. The molecule has 1 fully saturated rings. The zero-order valence-electron chi connectivity index (χ0n) is 15.0. The topological polar surface area (TPSA) is 97.0 Å². The minimum Gasteiger partial charge on any atom is -0.497 e. The Morgan fingerprint density at radius 1 is 1.18 bits per heavy atom. The van der Waals surface area contributed by atoms with E-state index < -0.39 is 17.9 Å². The predicted octanol–water partition coefficient (Wildman–Crippen LogP) is 1.79. The number of benzene rings is 2. The second-order valence-corrected chi connectivity index (χ2v) is 6.88. The number of hydrogen-bond donors (Lipinski definition) is 2. The number of carbonyl (C=O) groups excluding carboxylic acids is 3. The van der Waals surface area contributed by atoms with Crippen LogP contribution in [0.25, 0.3) is 0 Å². The van der Waals surface area contributed by atoms with Crippen molar-refractivity contribution < 1.29 is 23.9 Å². The van der Waals surface area contributed by atoms with Gasteiger partial charge in [-0.2, -0.15) is 0 Å². The molecule has 1 heterocycles. The normalized spacial score (nSPS) is 16.2. The summed E-state index contributed by atoms with van der Waals surface area (Å²) in [7, 11) is 1.53. The zero-order chi connectivity index (χ0) is 20.1. The molecule has 2 aromatic carbocycles. The highest BCUT2D eigenvalue weighted by Crippen LogP contribution is 2.24. The summed E-state index contributed by atoms with van der Waals surface area (Å²) >= 11 is 3.31. The van der Waals surface area contributed by atoms with Crippen molar-refractivity contribution >= 4 is 39.3 Å². The summed E-state index contributed by atoms with van der Waals surface area (Å²) < 4.78 is 11.3. The zero-order valence-corrected chi connectivity index (χ0v) is 16.6. The summed E-state index contributed by atoms with van der Waals surface area (Å²) in [6, 6.07) is 12.8. The molecule has 0 radical (unpaired) electrons. The van der Waals surface area contributed by atoms with Crippen LogP contribution in [0.15, 0.2) is 53.0 Å². The van der Waals surface area contributed by atoms with E-state index in [1.807, 2.05) is 0 Å². The Morgan fingerprint density at radius 2 is 1.89 bits per heavy atom. The lowest BCUT2D eigenvalue weighted by Gasteiger charge is -2.16. The van der Waals surface area contributed by atoms with Gasteiger partial charge in [0.1, 0.15) is 17.5 Å². The Labute approximate surface area is 169 Å². The molecule has 146 valence electrons. The lowest BCUT2D eigenvalue weighted by atomic mass is 10.2. The van der Waals surface area contributed by atoms with Crippen molar-refractivity contribution in [3.63, 3.8) is 0 Å². The Kier molecular flexibility index (Phi) is 6.27. The Bertz CT molecular complexity index is 887. The fourth-order valence-corrected chi connectivity index (χ4v) is 2.91. The minimum atomic E-state index is -0.836. The van der Waals surface area contributed by atoms with Crippen LogP contribution in [0.2, 0.25) is 0 Å². The number of imide groups is 1. The van der Waals surface area contributed by atoms with Crippen LogP contribution in [0.5, 0.6) is 11.5 Å². The third-order valence-corrected chi connectivity index (χ3v) is 4.56. The number of methoxy groups -OCH3 is 1. The van der Waals surface area contributed by atoms with Gasteiger partial charge in [-0.25, -0.2) is 10.3 Å². The van der Waals surface area contributed by atoms with E-state index in [9.17, 15) is 14.4 Å². The van der Waals surface area contributed by atoms with E-state index in [1.54, 1.807) is 48.5 Å². The molecular weight excluding hydrogens is 430 g/mol. The van der Waals surface area contributed by atoms with E-state index in [1.165, 1.54) is 7.11 Å². The van der Waals surface area contributed by atoms with Gasteiger partial charge in [-0.05, 0) is 36.4 Å². The van der Waals surface area contributed by atoms with Crippen LogP contribution in [-0.4, -0.2) is 37.5 Å². The number of hydrogen-bond acceptors (Lipinski definition) is 6. The SMILES string of the molecule is COc1cccc(OCC(=O)NNC2CC(=O)N(c3ccc(Br)cc3)C2=O)c1. The number of halogens is 1. The average molecular weight is 448 g/mol. The molecule has 8 nitrogen and oxygen atoms in total. The van der Waals surface area contributed by atoms with Gasteiger partial charge in [0, 0.05) is 10.5 Å². The van der Waals surface area contributed by atoms with Gasteiger partial charge >= 0.3 is 0 Å². The quantitative estimate of drug-likeness (QED) is 0.496. The first kappa shape index (κ1) is 19.8. The highest BCUT2D eigenvalue weighted by molar-refractivity contribution is 9.10. The van der Waals surface area contributed by atoms with Gasteiger partial charge in [-0.3, -0.25) is 19.8 Å². The molecule has 3 amide bonds. The summed E-state index contributed by atoms with van der Waals surface area (Å²) in [5.74, 6) is -0.166. The maximum Gasteiger partial charge on any atom is 0.272 e. The van der Waals surface area contributed by atoms with Crippen LogP contribution in [0, 0.1) is 0 Å². The third kappa shape index (κ3) is 4.68. The standard InChI is InChI=1S/C19H18BrN3O5/c1-27-14-3-2-4-15(9-14)28-11-17(24)22-21-16-10-18(25)23(19(16)26)13-7-5-12(20)6-8-13/h2-9,16,21H,10-11H2,1H3,(H,22,24). The van der Waals surface area contributed by atoms with E-state index in [0.717, 1.165) is 9.37 Å². The Balaban J connectivity index is 1.51. The van der Waals surface area contributed by atoms with Crippen molar-refractivity contribution in [3.05, 3.63) is 53.0 Å². The van der Waals surface area contributed by atoms with Crippen molar-refractivity contribution in [2.45, 2.75) is 12.5 Å². The molecule has 1 aliphatic rings. The second kappa shape index (κ2) is 8.85. The monoisotopic (exact) mass is 447 g/mol. The van der Waals surface area contributed by atoms with Crippen LogP contribution in [0.3, 0.4) is 0 Å². The lowest BCUT2D eigenvalue weighted by molar-refractivity contribution is -0.125. The first-order valence-electron chi connectivity index (χ1n) is 8.41. The average Bonchev–Trinajstić information content (AvgIpc) is 2.99. The van der Waals surface area contributed by atoms with Gasteiger partial charge in [0.2, 0.25) is 5.91 Å². The molecule has 0 spiro atoms. The first-order valence-corrected chi connectivity index (χ1v) is 9.21. The molecule has 0 aromatic heterocycles. The fraction of sp³-hybridized carbons (Fsp3) is 0.211. The van der Waals surface area contributed by atoms with Crippen molar-refractivity contribution in [1.29, 1.82) is 0 Å². The molecule has 0 saturated carbocycles. The molecule has 2 N–H and O–H groups in total. The van der Waals surface area contributed by atoms with E-state index in [4.69, 9.17) is 9.47 Å². The van der Waals surface area contributed by atoms with Crippen LogP contribution < -0.4 is 25.2 Å². The van der Waals surface area contributed by atoms with Crippen LogP contribution in [0.4, 0.5) is 5.69 Å². The van der Waals surface area contributed by atoms with E-state index in [2.05, 4.69) is 26.8 Å². The number of carbonyl (C=O) groups is 3. The molecule has 0 bridgehead atoms. The third-order valence-electron chi connectivity index (χ3n) is 4.03. The van der Waals surface area contributed by atoms with Crippen molar-refractivity contribution in [1.82, 2.24) is 10.9 Å². The van der Waals surface area contributed by atoms with Gasteiger partial charge in [0.05, 0.1) is 19.2 Å². The molecule has 2 aromatic rings. The number of rotatable bonds is 7. The molecule has 1 aliphatic heterocycles. The number of hydrazine groups is 1. The predicted molar refractivity (Wildman–Crippen MR) is 105 cm³/mol. The maximum absolute atomic E-state index is 12.5. The molecule has 1 atom stereocenters. The molecule has 28 heavy (non-hydrogen) atoms. The molecule has 1 saturated heterocycles. The van der Waals surface area contributed by atoms with Gasteiger partial charge in [0.25, 0.3) is 11.8 Å². The Morgan fingerprint density at radius 3 is 2.61 bits per heavy atom. The summed E-state index contributed by atoms with van der Waals surface area (Å²) in [6.07, 6.45) is -0.0497. The number of ether oxygens (including phenoxy) is 2. The van der Waals surface area contributed by atoms with Crippen LogP contribution >= 0.6 is 15.9 Å². The fourth-order valence-electron chi connectivity index (χ4n) is 2.65. The lowest BCUT2D eigenvalue weighted by Crippen LogP contribution is -2.49. The van der Waals surface area contributed by atoms with Crippen molar-refractivity contribution in [2.75, 3.05) is 18.6 Å². The summed E-state index contributed by atoms with van der Waals surface area (Å²) in [5.41, 5.74) is 5.49. The molecule has 9 heteroatoms. The number of nitrogens with zero attached hydrogens (tertiary/aromatic N) is 1. The largest absolute Gasteiger partial charge is 0.497 e. The van der Waals surface area contributed by atoms with E-state index >= 15 is 0 Å². The number of amides is 3. The maximum atomic E-state index is 12.5. The highest BCUT2D eigenvalue weighted by atomic mass is 79.9. The second-order valence-electron chi connectivity index (χ2n) is 5.96. The number of nitrogens with one attached hydrogen (secondary N) is 2. The van der Waals surface area contributed by atoms with E-state index in [-0.39, 0.29) is 18.9 Å². The summed E-state index contributed by atoms with van der Waals surface area (Å²) in [6.45, 7) is -0.258. The summed E-state index contributed by atoms with van der Waals surface area (Å²) in [5, 5.41) is 0. The summed E-state index contributed by atoms with van der Waals surface area (Å²) in [4.78, 5) is 37.8. The van der Waals surface area contributed by atoms with Crippen molar-refractivity contribution in [3.8, 4) is 11.5 Å².